The molecule has 1 aliphatic heterocycles. The van der Waals surface area contributed by atoms with Crippen LogP contribution in [-0.4, -0.2) is 48.4 Å². The highest BCUT2D eigenvalue weighted by Crippen LogP contribution is 2.31. The number of nitrogens with one attached hydrogen (secondary N) is 2. The predicted molar refractivity (Wildman–Crippen MR) is 115 cm³/mol. The summed E-state index contributed by atoms with van der Waals surface area (Å²) in [5, 5.41) is 2.16. The van der Waals surface area contributed by atoms with Gasteiger partial charge < -0.3 is 9.64 Å². The fourth-order valence-electron chi connectivity index (χ4n) is 3.35. The average Bonchev–Trinajstić information content (AvgIpc) is 3.51. The molecule has 10 nitrogen and oxygen atoms in total. The molecule has 12 heteroatoms. The molecule has 2 heterocycles. The molecule has 1 aliphatic carbocycles. The van der Waals surface area contributed by atoms with E-state index in [1.807, 2.05) is 0 Å². The van der Waals surface area contributed by atoms with Crippen LogP contribution < -0.4 is 14.8 Å². The minimum Gasteiger partial charge on any atom is -0.490 e. The zero-order valence-electron chi connectivity index (χ0n) is 18.0. The Bertz CT molecular complexity index is 1170. The standard InChI is InChI=1S/C21H24FN5O5S/c1-13(15-4-5-17(22)18(8-15)32-11-14-2-3-14)26-33(30,31)12-16-6-7-23-19(24-16)9-27-10-20(28)25-21(27)29/h4-8,13-14,26H,2-3,9-12H2,1H3,(H,25,28,29)/t13-/m1/s1. The second-order valence-corrected chi connectivity index (χ2v) is 9.97. The van der Waals surface area contributed by atoms with Crippen molar-refractivity contribution in [3.8, 4) is 5.75 Å². The molecule has 1 saturated heterocycles. The maximum atomic E-state index is 14.0. The molecule has 2 aromatic rings. The molecule has 1 saturated carbocycles. The molecule has 176 valence electrons. The van der Waals surface area contributed by atoms with E-state index in [1.54, 1.807) is 6.92 Å². The third kappa shape index (κ3) is 6.23. The molecule has 33 heavy (non-hydrogen) atoms. The van der Waals surface area contributed by atoms with E-state index in [-0.39, 0.29) is 30.4 Å². The summed E-state index contributed by atoms with van der Waals surface area (Å²) in [5.74, 6) is -0.534. The van der Waals surface area contributed by atoms with E-state index in [4.69, 9.17) is 4.74 Å². The number of benzene rings is 1. The van der Waals surface area contributed by atoms with Gasteiger partial charge in [0.2, 0.25) is 15.9 Å². The van der Waals surface area contributed by atoms with Gasteiger partial charge in [-0.1, -0.05) is 6.07 Å². The minimum atomic E-state index is -3.81. The summed E-state index contributed by atoms with van der Waals surface area (Å²) in [4.78, 5) is 32.5. The van der Waals surface area contributed by atoms with E-state index in [0.29, 0.717) is 18.1 Å². The van der Waals surface area contributed by atoms with E-state index in [2.05, 4.69) is 20.0 Å². The maximum absolute atomic E-state index is 14.0. The Labute approximate surface area is 190 Å². The average molecular weight is 478 g/mol. The third-order valence-corrected chi connectivity index (χ3v) is 6.67. The number of sulfonamides is 1. The van der Waals surface area contributed by atoms with Gasteiger partial charge in [-0.25, -0.2) is 32.3 Å². The highest BCUT2D eigenvalue weighted by molar-refractivity contribution is 7.88. The summed E-state index contributed by atoms with van der Waals surface area (Å²) in [6.45, 7) is 1.98. The van der Waals surface area contributed by atoms with Crippen LogP contribution in [0.5, 0.6) is 5.75 Å². The molecule has 0 spiro atoms. The molecule has 4 rings (SSSR count). The Morgan fingerprint density at radius 3 is 2.79 bits per heavy atom. The number of rotatable bonds is 10. The second-order valence-electron chi connectivity index (χ2n) is 8.22. The van der Waals surface area contributed by atoms with Gasteiger partial charge in [-0.3, -0.25) is 10.1 Å². The van der Waals surface area contributed by atoms with Gasteiger partial charge in [-0.2, -0.15) is 0 Å². The van der Waals surface area contributed by atoms with Crippen molar-refractivity contribution in [3.63, 3.8) is 0 Å². The molecular formula is C21H24FN5O5S. The maximum Gasteiger partial charge on any atom is 0.324 e. The van der Waals surface area contributed by atoms with E-state index >= 15 is 0 Å². The lowest BCUT2D eigenvalue weighted by Gasteiger charge is -2.16. The SMILES string of the molecule is C[C@@H](NS(=O)(=O)Cc1ccnc(CN2CC(=O)NC2=O)n1)c1ccc(F)c(OCC2CC2)c1. The number of hydrogen-bond donors (Lipinski definition) is 2. The lowest BCUT2D eigenvalue weighted by atomic mass is 10.1. The first kappa shape index (κ1) is 23.1. The highest BCUT2D eigenvalue weighted by Gasteiger charge is 2.27. The zero-order chi connectivity index (χ0) is 23.6. The van der Waals surface area contributed by atoms with E-state index in [1.165, 1.54) is 35.4 Å². The van der Waals surface area contributed by atoms with Crippen LogP contribution in [0.4, 0.5) is 9.18 Å². The van der Waals surface area contributed by atoms with Gasteiger partial charge >= 0.3 is 6.03 Å². The fraction of sp³-hybridized carbons (Fsp3) is 0.429. The Hall–Kier alpha value is -3.12. The van der Waals surface area contributed by atoms with Gasteiger partial charge in [0, 0.05) is 12.2 Å². The van der Waals surface area contributed by atoms with Crippen molar-refractivity contribution in [1.29, 1.82) is 0 Å². The van der Waals surface area contributed by atoms with Crippen LogP contribution in [0.3, 0.4) is 0 Å². The molecule has 1 aromatic carbocycles. The van der Waals surface area contributed by atoms with Crippen molar-refractivity contribution in [1.82, 2.24) is 24.9 Å². The van der Waals surface area contributed by atoms with Crippen LogP contribution in [0, 0.1) is 11.7 Å². The van der Waals surface area contributed by atoms with E-state index in [0.717, 1.165) is 12.8 Å². The Morgan fingerprint density at radius 1 is 1.30 bits per heavy atom. The van der Waals surface area contributed by atoms with Gasteiger partial charge in [0.05, 0.1) is 18.8 Å². The van der Waals surface area contributed by atoms with Crippen molar-refractivity contribution in [2.24, 2.45) is 5.92 Å². The van der Waals surface area contributed by atoms with Crippen molar-refractivity contribution in [2.75, 3.05) is 13.2 Å². The summed E-state index contributed by atoms with van der Waals surface area (Å²) >= 11 is 0. The molecule has 2 fully saturated rings. The molecule has 3 amide bonds. The molecule has 2 N–H and O–H groups in total. The summed E-state index contributed by atoms with van der Waals surface area (Å²) < 4.78 is 47.6. The minimum absolute atomic E-state index is 0.0193. The quantitative estimate of drug-likeness (QED) is 0.498. The van der Waals surface area contributed by atoms with Crippen LogP contribution in [0.25, 0.3) is 0 Å². The normalized spacial score (nSPS) is 17.2. The summed E-state index contributed by atoms with van der Waals surface area (Å²) in [6, 6.07) is 4.58. The second kappa shape index (κ2) is 9.40. The number of aromatic nitrogens is 2. The van der Waals surface area contributed by atoms with Crippen molar-refractivity contribution in [3.05, 3.63) is 53.4 Å². The van der Waals surface area contributed by atoms with Crippen LogP contribution in [0.2, 0.25) is 0 Å². The largest absolute Gasteiger partial charge is 0.490 e. The number of ether oxygens (including phenoxy) is 1. The Kier molecular flexibility index (Phi) is 6.56. The number of halogens is 1. The van der Waals surface area contributed by atoms with Gasteiger partial charge in [0.25, 0.3) is 0 Å². The van der Waals surface area contributed by atoms with Crippen LogP contribution in [-0.2, 0) is 27.1 Å². The van der Waals surface area contributed by atoms with Crippen LogP contribution in [0.15, 0.2) is 30.5 Å². The van der Waals surface area contributed by atoms with Crippen molar-refractivity contribution < 1.29 is 27.1 Å². The fourth-order valence-corrected chi connectivity index (χ4v) is 4.65. The predicted octanol–water partition coefficient (Wildman–Crippen LogP) is 1.64. The molecule has 0 bridgehead atoms. The Morgan fingerprint density at radius 2 is 2.09 bits per heavy atom. The van der Waals surface area contributed by atoms with Crippen LogP contribution in [0.1, 0.15) is 42.9 Å². The number of carbonyl (C=O) groups excluding carboxylic acids is 2. The Balaban J connectivity index is 1.39. The molecular weight excluding hydrogens is 453 g/mol. The van der Waals surface area contributed by atoms with Crippen molar-refractivity contribution >= 4 is 22.0 Å². The zero-order valence-corrected chi connectivity index (χ0v) is 18.8. The number of imide groups is 1. The van der Waals surface area contributed by atoms with Crippen molar-refractivity contribution in [2.45, 2.75) is 38.1 Å². The molecule has 1 atom stereocenters. The topological polar surface area (TPSA) is 131 Å². The third-order valence-electron chi connectivity index (χ3n) is 5.28. The van der Waals surface area contributed by atoms with Gasteiger partial charge in [-0.15, -0.1) is 0 Å². The highest BCUT2D eigenvalue weighted by atomic mass is 32.2. The summed E-state index contributed by atoms with van der Waals surface area (Å²) in [7, 11) is -3.81. The number of carbonyl (C=O) groups is 2. The van der Waals surface area contributed by atoms with E-state index in [9.17, 15) is 22.4 Å². The first-order valence-electron chi connectivity index (χ1n) is 10.5. The number of amides is 3. The number of urea groups is 1. The number of nitrogens with zero attached hydrogens (tertiary/aromatic N) is 3. The van der Waals surface area contributed by atoms with E-state index < -0.39 is 39.6 Å². The molecule has 2 aliphatic rings. The first-order chi connectivity index (χ1) is 15.7. The molecule has 0 unspecified atom stereocenters. The first-order valence-corrected chi connectivity index (χ1v) is 12.2. The van der Waals surface area contributed by atoms with Gasteiger partial charge in [-0.05, 0) is 49.4 Å². The lowest BCUT2D eigenvalue weighted by Crippen LogP contribution is -2.29. The smallest absolute Gasteiger partial charge is 0.324 e. The molecule has 1 aromatic heterocycles. The summed E-state index contributed by atoms with van der Waals surface area (Å²) in [5.41, 5.74) is 0.803. The monoisotopic (exact) mass is 477 g/mol. The lowest BCUT2D eigenvalue weighted by molar-refractivity contribution is -0.118. The van der Waals surface area contributed by atoms with Gasteiger partial charge in [0.15, 0.2) is 11.6 Å². The number of hydrogen-bond acceptors (Lipinski definition) is 7. The summed E-state index contributed by atoms with van der Waals surface area (Å²) in [6.07, 6.45) is 3.55. The van der Waals surface area contributed by atoms with Crippen LogP contribution >= 0.6 is 0 Å². The van der Waals surface area contributed by atoms with Gasteiger partial charge in [0.1, 0.15) is 18.1 Å². The molecule has 0 radical (unpaired) electrons.